The minimum atomic E-state index is -3.12. The zero-order chi connectivity index (χ0) is 14.3. The number of halogens is 1. The van der Waals surface area contributed by atoms with Gasteiger partial charge in [0.2, 0.25) is 0 Å². The molecule has 4 nitrogen and oxygen atoms in total. The van der Waals surface area contributed by atoms with Crippen LogP contribution in [0.2, 0.25) is 0 Å². The first kappa shape index (κ1) is 17.0. The van der Waals surface area contributed by atoms with Crippen LogP contribution in [0, 0.1) is 0 Å². The van der Waals surface area contributed by atoms with Crippen LogP contribution >= 0.6 is 30.2 Å². The highest BCUT2D eigenvalue weighted by atomic mass is 127. The predicted octanol–water partition coefficient (Wildman–Crippen LogP) is 4.79. The minimum absolute atomic E-state index is 0.319. The first-order valence-corrected chi connectivity index (χ1v) is 9.18. The van der Waals surface area contributed by atoms with Gasteiger partial charge in [0.15, 0.2) is 0 Å². The van der Waals surface area contributed by atoms with E-state index in [4.69, 9.17) is 13.8 Å². The fraction of sp³-hybridized carbons (Fsp3) is 0.538. The molecule has 6 heteroatoms. The Morgan fingerprint density at radius 1 is 1.05 bits per heavy atom. The molecule has 0 aliphatic heterocycles. The molecular weight excluding hydrogens is 378 g/mol. The molecule has 0 N–H and O–H groups in total. The van der Waals surface area contributed by atoms with Crippen molar-refractivity contribution in [1.82, 2.24) is 0 Å². The van der Waals surface area contributed by atoms with Crippen molar-refractivity contribution in [1.29, 1.82) is 0 Å². The van der Waals surface area contributed by atoms with Crippen molar-refractivity contribution in [3.63, 3.8) is 0 Å². The molecule has 0 aliphatic rings. The molecule has 1 atom stereocenters. The highest BCUT2D eigenvalue weighted by Crippen LogP contribution is 2.64. The number of hydrogen-bond acceptors (Lipinski definition) is 4. The summed E-state index contributed by atoms with van der Waals surface area (Å²) >= 11 is 2.11. The van der Waals surface area contributed by atoms with Gasteiger partial charge in [-0.3, -0.25) is 4.57 Å². The molecule has 0 saturated heterocycles. The van der Waals surface area contributed by atoms with Crippen molar-refractivity contribution >= 4 is 30.2 Å². The van der Waals surface area contributed by atoms with Crippen LogP contribution in [0.1, 0.15) is 30.0 Å². The van der Waals surface area contributed by atoms with E-state index in [1.807, 2.05) is 45.0 Å². The zero-order valence-corrected chi connectivity index (χ0v) is 14.5. The van der Waals surface area contributed by atoms with Crippen LogP contribution in [0.15, 0.2) is 24.3 Å². The summed E-state index contributed by atoms with van der Waals surface area (Å²) in [6.45, 7) is 6.93. The Hall–Kier alpha value is -0.100. The number of ether oxygens (including phenoxy) is 1. The molecule has 0 aliphatic carbocycles. The summed E-state index contributed by atoms with van der Waals surface area (Å²) in [6.07, 6.45) is 0. The number of hydrogen-bond donors (Lipinski definition) is 0. The third-order valence-electron chi connectivity index (χ3n) is 2.36. The van der Waals surface area contributed by atoms with Gasteiger partial charge >= 0.3 is 7.60 Å². The maximum atomic E-state index is 12.6. The van der Waals surface area contributed by atoms with E-state index in [0.717, 1.165) is 11.3 Å². The van der Waals surface area contributed by atoms with E-state index in [-0.39, 0.29) is 3.67 Å². The maximum absolute atomic E-state index is 12.6. The van der Waals surface area contributed by atoms with Crippen molar-refractivity contribution in [2.75, 3.05) is 19.8 Å². The van der Waals surface area contributed by atoms with Crippen LogP contribution in [0.5, 0.6) is 5.75 Å². The summed E-state index contributed by atoms with van der Waals surface area (Å²) in [5, 5.41) is 0. The SMILES string of the molecule is CCOc1ccc(C(I)P(=O)(OCC)OCC)cc1. The van der Waals surface area contributed by atoms with Gasteiger partial charge in [-0.2, -0.15) is 0 Å². The lowest BCUT2D eigenvalue weighted by molar-refractivity contribution is 0.219. The highest BCUT2D eigenvalue weighted by Gasteiger charge is 2.34. The van der Waals surface area contributed by atoms with Crippen LogP contribution < -0.4 is 4.74 Å². The molecule has 0 radical (unpaired) electrons. The maximum Gasteiger partial charge on any atom is 0.347 e. The molecule has 0 amide bonds. The molecule has 0 fully saturated rings. The second kappa shape index (κ2) is 8.25. The quantitative estimate of drug-likeness (QED) is 0.359. The molecule has 19 heavy (non-hydrogen) atoms. The summed E-state index contributed by atoms with van der Waals surface area (Å²) in [5.41, 5.74) is 0.911. The van der Waals surface area contributed by atoms with E-state index in [1.54, 1.807) is 0 Å². The average Bonchev–Trinajstić information content (AvgIpc) is 2.40. The third kappa shape index (κ3) is 4.74. The molecule has 1 aromatic carbocycles. The lowest BCUT2D eigenvalue weighted by Gasteiger charge is -2.22. The fourth-order valence-electron chi connectivity index (χ4n) is 1.60. The van der Waals surface area contributed by atoms with E-state index in [0.29, 0.717) is 19.8 Å². The molecule has 0 heterocycles. The molecular formula is C13H20IO4P. The van der Waals surface area contributed by atoms with E-state index < -0.39 is 7.60 Å². The van der Waals surface area contributed by atoms with Crippen LogP contribution in [-0.2, 0) is 13.6 Å². The topological polar surface area (TPSA) is 44.8 Å². The van der Waals surface area contributed by atoms with Gasteiger partial charge in [-0.25, -0.2) is 0 Å². The Kier molecular flexibility index (Phi) is 7.36. The Labute approximate surface area is 128 Å². The summed E-state index contributed by atoms with van der Waals surface area (Å²) in [6, 6.07) is 7.53. The van der Waals surface area contributed by atoms with Crippen molar-refractivity contribution in [2.45, 2.75) is 24.4 Å². The van der Waals surface area contributed by atoms with Crippen molar-refractivity contribution in [2.24, 2.45) is 0 Å². The van der Waals surface area contributed by atoms with Gasteiger partial charge in [-0.15, -0.1) is 0 Å². The van der Waals surface area contributed by atoms with Gasteiger partial charge in [0, 0.05) is 0 Å². The second-order valence-electron chi connectivity index (χ2n) is 3.71. The minimum Gasteiger partial charge on any atom is -0.494 e. The number of benzene rings is 1. The lowest BCUT2D eigenvalue weighted by Crippen LogP contribution is -2.02. The molecule has 1 unspecified atom stereocenters. The summed E-state index contributed by atoms with van der Waals surface area (Å²) in [4.78, 5) is 0. The van der Waals surface area contributed by atoms with E-state index >= 15 is 0 Å². The Balaban J connectivity index is 2.89. The summed E-state index contributed by atoms with van der Waals surface area (Å²) < 4.78 is 28.4. The zero-order valence-electron chi connectivity index (χ0n) is 11.5. The standard InChI is InChI=1S/C13H20IO4P/c1-4-16-12-9-7-11(8-10-12)13(14)19(15,17-5-2)18-6-3/h7-10,13H,4-6H2,1-3H3. The Bertz CT molecular complexity index is 411. The first-order chi connectivity index (χ1) is 9.07. The summed E-state index contributed by atoms with van der Waals surface area (Å²) in [7, 11) is -3.12. The summed E-state index contributed by atoms with van der Waals surface area (Å²) in [5.74, 6) is 0.803. The van der Waals surface area contributed by atoms with Gasteiger partial charge in [-0.05, 0) is 38.5 Å². The van der Waals surface area contributed by atoms with Gasteiger partial charge < -0.3 is 13.8 Å². The van der Waals surface area contributed by atoms with Gasteiger partial charge in [-0.1, -0.05) is 34.7 Å². The molecule has 0 aromatic heterocycles. The predicted molar refractivity (Wildman–Crippen MR) is 85.2 cm³/mol. The van der Waals surface area contributed by atoms with E-state index in [2.05, 4.69) is 22.6 Å². The fourth-order valence-corrected chi connectivity index (χ4v) is 4.57. The van der Waals surface area contributed by atoms with E-state index in [1.165, 1.54) is 0 Å². The largest absolute Gasteiger partial charge is 0.494 e. The monoisotopic (exact) mass is 398 g/mol. The van der Waals surface area contributed by atoms with Crippen LogP contribution in [0.3, 0.4) is 0 Å². The van der Waals surface area contributed by atoms with Crippen LogP contribution in [0.4, 0.5) is 0 Å². The number of rotatable bonds is 8. The van der Waals surface area contributed by atoms with Crippen LogP contribution in [0.25, 0.3) is 0 Å². The van der Waals surface area contributed by atoms with Gasteiger partial charge in [0.05, 0.1) is 19.8 Å². The van der Waals surface area contributed by atoms with Gasteiger partial charge in [0.25, 0.3) is 0 Å². The average molecular weight is 398 g/mol. The highest BCUT2D eigenvalue weighted by molar-refractivity contribution is 14.1. The smallest absolute Gasteiger partial charge is 0.347 e. The lowest BCUT2D eigenvalue weighted by atomic mass is 10.2. The first-order valence-electron chi connectivity index (χ1n) is 6.33. The van der Waals surface area contributed by atoms with E-state index in [9.17, 15) is 4.57 Å². The van der Waals surface area contributed by atoms with Crippen LogP contribution in [-0.4, -0.2) is 19.8 Å². The molecule has 0 bridgehead atoms. The van der Waals surface area contributed by atoms with Crippen molar-refractivity contribution in [3.8, 4) is 5.75 Å². The van der Waals surface area contributed by atoms with Crippen molar-refractivity contribution in [3.05, 3.63) is 29.8 Å². The molecule has 108 valence electrons. The van der Waals surface area contributed by atoms with Gasteiger partial charge in [0.1, 0.15) is 9.42 Å². The molecule has 0 spiro atoms. The normalized spacial score (nSPS) is 13.3. The second-order valence-corrected chi connectivity index (χ2v) is 8.06. The Morgan fingerprint density at radius 3 is 2.00 bits per heavy atom. The third-order valence-corrected chi connectivity index (χ3v) is 7.22. The molecule has 0 saturated carbocycles. The molecule has 1 aromatic rings. The Morgan fingerprint density at radius 2 is 1.58 bits per heavy atom. The number of alkyl halides is 1. The molecule has 1 rings (SSSR count). The van der Waals surface area contributed by atoms with Crippen molar-refractivity contribution < 1.29 is 18.3 Å².